The molecule has 2 unspecified atom stereocenters. The van der Waals surface area contributed by atoms with Crippen molar-refractivity contribution in [1.29, 1.82) is 0 Å². The van der Waals surface area contributed by atoms with E-state index in [9.17, 15) is 23.2 Å². The predicted octanol–water partition coefficient (Wildman–Crippen LogP) is 2.48. The zero-order chi connectivity index (χ0) is 24.2. The van der Waals surface area contributed by atoms with Gasteiger partial charge in [0, 0.05) is 18.5 Å². The Morgan fingerprint density at radius 1 is 1.03 bits per heavy atom. The van der Waals surface area contributed by atoms with Crippen molar-refractivity contribution in [3.8, 4) is 0 Å². The lowest BCUT2D eigenvalue weighted by molar-refractivity contribution is -0.132. The summed E-state index contributed by atoms with van der Waals surface area (Å²) >= 11 is 0. The minimum absolute atomic E-state index is 0.144. The highest BCUT2D eigenvalue weighted by Gasteiger charge is 2.35. The van der Waals surface area contributed by atoms with E-state index in [1.807, 2.05) is 24.3 Å². The summed E-state index contributed by atoms with van der Waals surface area (Å²) in [6.45, 7) is 1.46. The van der Waals surface area contributed by atoms with Gasteiger partial charge in [0.15, 0.2) is 0 Å². The minimum atomic E-state index is -0.983. The van der Waals surface area contributed by atoms with Crippen LogP contribution in [0, 0.1) is 11.6 Å². The van der Waals surface area contributed by atoms with Crippen LogP contribution in [-0.4, -0.2) is 28.7 Å². The first-order chi connectivity index (χ1) is 16.3. The van der Waals surface area contributed by atoms with Crippen LogP contribution in [0.3, 0.4) is 0 Å². The number of nitrogens with one attached hydrogen (secondary N) is 3. The highest BCUT2D eigenvalue weighted by atomic mass is 19.1. The van der Waals surface area contributed by atoms with Crippen LogP contribution in [-0.2, 0) is 20.8 Å². The van der Waals surface area contributed by atoms with Crippen LogP contribution in [0.15, 0.2) is 67.0 Å². The van der Waals surface area contributed by atoms with E-state index in [-0.39, 0.29) is 23.9 Å². The maximum atomic E-state index is 13.3. The van der Waals surface area contributed by atoms with Gasteiger partial charge < -0.3 is 16.0 Å². The second-order valence-electron chi connectivity index (χ2n) is 8.04. The topological polar surface area (TPSA) is 100 Å². The van der Waals surface area contributed by atoms with Crippen molar-refractivity contribution < 1.29 is 23.2 Å². The zero-order valence-electron chi connectivity index (χ0n) is 18.2. The number of aromatic nitrogens is 1. The third kappa shape index (κ3) is 5.09. The fourth-order valence-electron chi connectivity index (χ4n) is 3.97. The van der Waals surface area contributed by atoms with Crippen molar-refractivity contribution in [2.45, 2.75) is 31.5 Å². The molecule has 34 heavy (non-hydrogen) atoms. The monoisotopic (exact) mass is 464 g/mol. The van der Waals surface area contributed by atoms with Crippen molar-refractivity contribution >= 4 is 17.7 Å². The van der Waals surface area contributed by atoms with Gasteiger partial charge in [-0.25, -0.2) is 8.78 Å². The van der Waals surface area contributed by atoms with Gasteiger partial charge in [-0.05, 0) is 53.4 Å². The fourth-order valence-corrected chi connectivity index (χ4v) is 3.97. The van der Waals surface area contributed by atoms with Crippen molar-refractivity contribution in [1.82, 2.24) is 20.9 Å². The summed E-state index contributed by atoms with van der Waals surface area (Å²) in [5, 5.41) is 8.11. The summed E-state index contributed by atoms with van der Waals surface area (Å²) in [4.78, 5) is 42.0. The van der Waals surface area contributed by atoms with Gasteiger partial charge in [0.1, 0.15) is 23.7 Å². The number of nitrogens with zero attached hydrogens (tertiary/aromatic N) is 1. The molecule has 0 aliphatic carbocycles. The summed E-state index contributed by atoms with van der Waals surface area (Å²) in [5.41, 5.74) is 2.49. The molecule has 1 aromatic heterocycles. The molecule has 0 saturated heterocycles. The lowest BCUT2D eigenvalue weighted by atomic mass is 9.87. The Kier molecular flexibility index (Phi) is 6.62. The molecule has 3 aromatic rings. The van der Waals surface area contributed by atoms with Crippen molar-refractivity contribution in [2.24, 2.45) is 0 Å². The molecule has 3 N–H and O–H groups in total. The summed E-state index contributed by atoms with van der Waals surface area (Å²) < 4.78 is 26.7. The Balaban J connectivity index is 1.45. The van der Waals surface area contributed by atoms with Crippen LogP contribution in [0.2, 0.25) is 0 Å². The van der Waals surface area contributed by atoms with Crippen molar-refractivity contribution in [2.75, 3.05) is 0 Å². The highest BCUT2D eigenvalue weighted by molar-refractivity contribution is 5.94. The number of carbonyl (C=O) groups is 3. The molecule has 0 radical (unpaired) electrons. The van der Waals surface area contributed by atoms with Gasteiger partial charge >= 0.3 is 0 Å². The Hall–Kier alpha value is -4.14. The molecule has 0 fully saturated rings. The molecule has 3 atom stereocenters. The SMILES string of the molecule is C[C@H](NC(=O)Cc1cc(F)cc(F)c1)C(=O)NC1C(=O)NC(c2ccncc2)c2ccccc21. The number of hydrogen-bond donors (Lipinski definition) is 3. The Bertz CT molecular complexity index is 1220. The summed E-state index contributed by atoms with van der Waals surface area (Å²) in [5.74, 6) is -3.13. The molecule has 0 spiro atoms. The van der Waals surface area contributed by atoms with Crippen LogP contribution in [0.4, 0.5) is 8.78 Å². The van der Waals surface area contributed by atoms with Gasteiger partial charge in [-0.15, -0.1) is 0 Å². The lowest BCUT2D eigenvalue weighted by Gasteiger charge is -2.33. The van der Waals surface area contributed by atoms with Crippen LogP contribution in [0.1, 0.15) is 41.3 Å². The fraction of sp³-hybridized carbons (Fsp3) is 0.200. The lowest BCUT2D eigenvalue weighted by Crippen LogP contribution is -2.51. The first-order valence-corrected chi connectivity index (χ1v) is 10.7. The number of halogens is 2. The Morgan fingerprint density at radius 2 is 1.68 bits per heavy atom. The molecule has 2 heterocycles. The van der Waals surface area contributed by atoms with Crippen LogP contribution in [0.5, 0.6) is 0 Å². The molecule has 0 bridgehead atoms. The molecule has 0 saturated carbocycles. The Labute approximate surface area is 194 Å². The number of benzene rings is 2. The van der Waals surface area contributed by atoms with E-state index in [0.717, 1.165) is 23.3 Å². The number of fused-ring (bicyclic) bond motifs is 1. The molecule has 1 aliphatic rings. The van der Waals surface area contributed by atoms with Crippen molar-refractivity contribution in [3.05, 3.63) is 101 Å². The third-order valence-electron chi connectivity index (χ3n) is 5.55. The molecular formula is C25H22F2N4O3. The van der Waals surface area contributed by atoms with Gasteiger partial charge in [0.05, 0.1) is 12.5 Å². The largest absolute Gasteiger partial charge is 0.344 e. The first-order valence-electron chi connectivity index (χ1n) is 10.7. The normalized spacial score (nSPS) is 17.8. The molecular weight excluding hydrogens is 442 g/mol. The molecule has 9 heteroatoms. The average Bonchev–Trinajstić information content (AvgIpc) is 2.80. The van der Waals surface area contributed by atoms with E-state index in [2.05, 4.69) is 20.9 Å². The standard InChI is InChI=1S/C25H22F2N4O3/c1-14(29-21(32)12-15-10-17(26)13-18(27)11-15)24(33)31-23-20-5-3-2-4-19(20)22(30-25(23)34)16-6-8-28-9-7-16/h2-11,13-14,22-23H,12H2,1H3,(H,29,32)(H,30,34)(H,31,33)/t14-,22?,23?/m0/s1. The van der Waals surface area contributed by atoms with Crippen LogP contribution >= 0.6 is 0 Å². The van der Waals surface area contributed by atoms with Crippen LogP contribution in [0.25, 0.3) is 0 Å². The van der Waals surface area contributed by atoms with Gasteiger partial charge in [0.25, 0.3) is 0 Å². The van der Waals surface area contributed by atoms with E-state index in [4.69, 9.17) is 0 Å². The van der Waals surface area contributed by atoms with Gasteiger partial charge in [-0.2, -0.15) is 0 Å². The Morgan fingerprint density at radius 3 is 2.35 bits per heavy atom. The van der Waals surface area contributed by atoms with Gasteiger partial charge in [-0.3, -0.25) is 19.4 Å². The average molecular weight is 464 g/mol. The molecule has 2 aromatic carbocycles. The molecule has 1 aliphatic heterocycles. The molecule has 174 valence electrons. The van der Waals surface area contributed by atoms with Crippen molar-refractivity contribution in [3.63, 3.8) is 0 Å². The maximum absolute atomic E-state index is 13.3. The second-order valence-corrected chi connectivity index (χ2v) is 8.04. The number of rotatable bonds is 6. The van der Waals surface area contributed by atoms with E-state index >= 15 is 0 Å². The quantitative estimate of drug-likeness (QED) is 0.522. The van der Waals surface area contributed by atoms with E-state index in [0.29, 0.717) is 11.6 Å². The summed E-state index contributed by atoms with van der Waals surface area (Å²) in [6, 6.07) is 11.4. The zero-order valence-corrected chi connectivity index (χ0v) is 18.2. The highest BCUT2D eigenvalue weighted by Crippen LogP contribution is 2.33. The number of hydrogen-bond acceptors (Lipinski definition) is 4. The number of carbonyl (C=O) groups excluding carboxylic acids is 3. The molecule has 4 rings (SSSR count). The van der Waals surface area contributed by atoms with Gasteiger partial charge in [0.2, 0.25) is 17.7 Å². The van der Waals surface area contributed by atoms with E-state index in [1.54, 1.807) is 24.5 Å². The summed E-state index contributed by atoms with van der Waals surface area (Å²) in [7, 11) is 0. The van der Waals surface area contributed by atoms with E-state index in [1.165, 1.54) is 6.92 Å². The number of amides is 3. The maximum Gasteiger partial charge on any atom is 0.247 e. The second kappa shape index (κ2) is 9.78. The minimum Gasteiger partial charge on any atom is -0.344 e. The van der Waals surface area contributed by atoms with E-state index < -0.39 is 35.5 Å². The van der Waals surface area contributed by atoms with Gasteiger partial charge in [-0.1, -0.05) is 24.3 Å². The van der Waals surface area contributed by atoms with Crippen LogP contribution < -0.4 is 16.0 Å². The first kappa shape index (κ1) is 23.0. The molecule has 7 nitrogen and oxygen atoms in total. The third-order valence-corrected chi connectivity index (χ3v) is 5.55. The predicted molar refractivity (Wildman–Crippen MR) is 119 cm³/mol. The number of pyridine rings is 1. The smallest absolute Gasteiger partial charge is 0.247 e. The molecule has 3 amide bonds. The summed E-state index contributed by atoms with van der Waals surface area (Å²) in [6.07, 6.45) is 2.98.